The largest absolute Gasteiger partial charge is 0.410 e. The van der Waals surface area contributed by atoms with Crippen molar-refractivity contribution in [2.75, 3.05) is 7.05 Å². The first-order valence-electron chi connectivity index (χ1n) is 5.06. The van der Waals surface area contributed by atoms with Gasteiger partial charge in [0, 0.05) is 6.54 Å². The Labute approximate surface area is 91.8 Å². The molecule has 0 radical (unpaired) electrons. The van der Waals surface area contributed by atoms with Crippen LogP contribution < -0.4 is 5.32 Å². The van der Waals surface area contributed by atoms with Gasteiger partial charge in [0.05, 0.1) is 11.4 Å². The van der Waals surface area contributed by atoms with E-state index in [1.807, 2.05) is 0 Å². The maximum absolute atomic E-state index is 12.5. The molecule has 1 unspecified atom stereocenters. The van der Waals surface area contributed by atoms with Gasteiger partial charge in [-0.25, -0.2) is 4.68 Å². The quantitative estimate of drug-likeness (QED) is 0.865. The summed E-state index contributed by atoms with van der Waals surface area (Å²) in [5.41, 5.74) is 1.10. The molecule has 1 N–H and O–H groups in total. The predicted octanol–water partition coefficient (Wildman–Crippen LogP) is 1.68. The lowest BCUT2D eigenvalue weighted by Crippen LogP contribution is -2.26. The smallest absolute Gasteiger partial charge is 0.314 e. The Morgan fingerprint density at radius 3 is 2.50 bits per heavy atom. The fourth-order valence-corrected chi connectivity index (χ4v) is 1.47. The Morgan fingerprint density at radius 2 is 2.06 bits per heavy atom. The Kier molecular flexibility index (Phi) is 3.90. The molecule has 7 heteroatoms. The van der Waals surface area contributed by atoms with Crippen LogP contribution in [0.3, 0.4) is 0 Å². The summed E-state index contributed by atoms with van der Waals surface area (Å²) < 4.78 is 38.6. The minimum Gasteiger partial charge on any atom is -0.314 e. The Bertz CT molecular complexity index is 345. The van der Waals surface area contributed by atoms with E-state index < -0.39 is 12.2 Å². The van der Waals surface area contributed by atoms with Crippen LogP contribution in [0.4, 0.5) is 13.2 Å². The van der Waals surface area contributed by atoms with Crippen LogP contribution in [0.2, 0.25) is 0 Å². The molecule has 4 nitrogen and oxygen atoms in total. The fraction of sp³-hybridized carbons (Fsp3) is 0.778. The highest BCUT2D eigenvalue weighted by Gasteiger charge is 2.39. The maximum atomic E-state index is 12.5. The highest BCUT2D eigenvalue weighted by Crippen LogP contribution is 2.30. The predicted molar refractivity (Wildman–Crippen MR) is 52.9 cm³/mol. The summed E-state index contributed by atoms with van der Waals surface area (Å²) in [4.78, 5) is 0. The number of halogens is 3. The van der Waals surface area contributed by atoms with Crippen LogP contribution in [-0.4, -0.2) is 28.2 Å². The highest BCUT2D eigenvalue weighted by atomic mass is 19.4. The van der Waals surface area contributed by atoms with Gasteiger partial charge in [0.2, 0.25) is 0 Å². The molecule has 0 fully saturated rings. The van der Waals surface area contributed by atoms with E-state index in [1.54, 1.807) is 14.0 Å². The molecule has 1 aromatic rings. The molecule has 0 saturated carbocycles. The van der Waals surface area contributed by atoms with Crippen molar-refractivity contribution in [1.29, 1.82) is 0 Å². The summed E-state index contributed by atoms with van der Waals surface area (Å²) in [6.45, 7) is 3.29. The molecule has 0 spiro atoms. The molecule has 0 aliphatic rings. The Morgan fingerprint density at radius 1 is 1.44 bits per heavy atom. The molecule has 16 heavy (non-hydrogen) atoms. The molecule has 1 rings (SSSR count). The van der Waals surface area contributed by atoms with E-state index >= 15 is 0 Å². The lowest BCUT2D eigenvalue weighted by Gasteiger charge is -2.17. The maximum Gasteiger partial charge on any atom is 0.410 e. The van der Waals surface area contributed by atoms with E-state index in [2.05, 4.69) is 15.6 Å². The van der Waals surface area contributed by atoms with Crippen molar-refractivity contribution >= 4 is 0 Å². The molecule has 0 aliphatic heterocycles. The summed E-state index contributed by atoms with van der Waals surface area (Å²) in [5.74, 6) is 0. The number of nitrogens with one attached hydrogen (secondary N) is 1. The molecule has 1 atom stereocenters. The molecule has 0 aromatic carbocycles. The molecule has 1 aromatic heterocycles. The number of rotatable bonds is 4. The van der Waals surface area contributed by atoms with Gasteiger partial charge in [-0.3, -0.25) is 0 Å². The van der Waals surface area contributed by atoms with Gasteiger partial charge in [0.15, 0.2) is 0 Å². The van der Waals surface area contributed by atoms with Crippen molar-refractivity contribution in [1.82, 2.24) is 20.3 Å². The molecule has 0 saturated heterocycles. The van der Waals surface area contributed by atoms with Gasteiger partial charge < -0.3 is 5.32 Å². The lowest BCUT2D eigenvalue weighted by atomic mass is 10.2. The molecular formula is C9H15F3N4. The summed E-state index contributed by atoms with van der Waals surface area (Å²) in [6, 6.07) is -1.64. The van der Waals surface area contributed by atoms with Crippen molar-refractivity contribution in [3.8, 4) is 0 Å². The van der Waals surface area contributed by atoms with Crippen LogP contribution in [0, 0.1) is 0 Å². The molecule has 0 aliphatic carbocycles. The van der Waals surface area contributed by atoms with Crippen molar-refractivity contribution in [3.05, 3.63) is 11.4 Å². The number of hydrogen-bond donors (Lipinski definition) is 1. The number of aromatic nitrogens is 3. The van der Waals surface area contributed by atoms with Crippen molar-refractivity contribution in [2.45, 2.75) is 39.0 Å². The van der Waals surface area contributed by atoms with E-state index in [0.717, 1.165) is 11.6 Å². The normalized spacial score (nSPS) is 14.1. The summed E-state index contributed by atoms with van der Waals surface area (Å²) in [5, 5.41) is 10.2. The molecule has 92 valence electrons. The second-order valence-electron chi connectivity index (χ2n) is 3.53. The summed E-state index contributed by atoms with van der Waals surface area (Å²) in [6.07, 6.45) is -3.82. The van der Waals surface area contributed by atoms with Crippen molar-refractivity contribution in [3.63, 3.8) is 0 Å². The second-order valence-corrected chi connectivity index (χ2v) is 3.53. The first-order valence-corrected chi connectivity index (χ1v) is 5.06. The first kappa shape index (κ1) is 13.0. The molecule has 0 bridgehead atoms. The average molecular weight is 236 g/mol. The number of hydrogen-bond acceptors (Lipinski definition) is 3. The molecule has 1 heterocycles. The standard InChI is InChI=1S/C9H15F3N4/c1-4-8-7(5-13-3)14-15-16(8)6(2)9(10,11)12/h6,13H,4-5H2,1-3H3. The van der Waals surface area contributed by atoms with E-state index in [4.69, 9.17) is 0 Å². The van der Waals surface area contributed by atoms with Gasteiger partial charge in [-0.05, 0) is 20.4 Å². The zero-order valence-electron chi connectivity index (χ0n) is 9.47. The third-order valence-electron chi connectivity index (χ3n) is 2.39. The summed E-state index contributed by atoms with van der Waals surface area (Å²) in [7, 11) is 1.71. The minimum atomic E-state index is -4.30. The van der Waals surface area contributed by atoms with Crippen LogP contribution >= 0.6 is 0 Å². The Balaban J connectivity index is 3.05. The van der Waals surface area contributed by atoms with Gasteiger partial charge in [0.25, 0.3) is 0 Å². The van der Waals surface area contributed by atoms with Crippen LogP contribution in [0.5, 0.6) is 0 Å². The third-order valence-corrected chi connectivity index (χ3v) is 2.39. The topological polar surface area (TPSA) is 42.7 Å². The van der Waals surface area contributed by atoms with Crippen LogP contribution in [0.25, 0.3) is 0 Å². The number of alkyl halides is 3. The van der Waals surface area contributed by atoms with E-state index in [9.17, 15) is 13.2 Å². The first-order chi connectivity index (χ1) is 7.41. The van der Waals surface area contributed by atoms with Crippen molar-refractivity contribution < 1.29 is 13.2 Å². The third kappa shape index (κ3) is 2.52. The van der Waals surface area contributed by atoms with Crippen molar-refractivity contribution in [2.24, 2.45) is 0 Å². The highest BCUT2D eigenvalue weighted by molar-refractivity contribution is 5.11. The molecular weight excluding hydrogens is 221 g/mol. The lowest BCUT2D eigenvalue weighted by molar-refractivity contribution is -0.166. The van der Waals surface area contributed by atoms with E-state index in [1.165, 1.54) is 0 Å². The van der Waals surface area contributed by atoms with Gasteiger partial charge >= 0.3 is 6.18 Å². The monoisotopic (exact) mass is 236 g/mol. The van der Waals surface area contributed by atoms with E-state index in [0.29, 0.717) is 24.4 Å². The SMILES string of the molecule is CCc1c(CNC)nnn1C(C)C(F)(F)F. The fourth-order valence-electron chi connectivity index (χ4n) is 1.47. The van der Waals surface area contributed by atoms with Gasteiger partial charge in [0.1, 0.15) is 6.04 Å². The van der Waals surface area contributed by atoms with Gasteiger partial charge in [-0.2, -0.15) is 13.2 Å². The second kappa shape index (κ2) is 4.82. The van der Waals surface area contributed by atoms with Crippen LogP contribution in [-0.2, 0) is 13.0 Å². The summed E-state index contributed by atoms with van der Waals surface area (Å²) >= 11 is 0. The number of nitrogens with zero attached hydrogens (tertiary/aromatic N) is 3. The van der Waals surface area contributed by atoms with Gasteiger partial charge in [-0.1, -0.05) is 12.1 Å². The average Bonchev–Trinajstić information content (AvgIpc) is 2.58. The van der Waals surface area contributed by atoms with Gasteiger partial charge in [-0.15, -0.1) is 5.10 Å². The zero-order chi connectivity index (χ0) is 12.3. The minimum absolute atomic E-state index is 0.424. The zero-order valence-corrected chi connectivity index (χ0v) is 9.47. The van der Waals surface area contributed by atoms with Crippen LogP contribution in [0.1, 0.15) is 31.3 Å². The van der Waals surface area contributed by atoms with E-state index in [-0.39, 0.29) is 0 Å². The molecule has 0 amide bonds. The Hall–Kier alpha value is -1.11. The van der Waals surface area contributed by atoms with Crippen LogP contribution in [0.15, 0.2) is 0 Å².